The van der Waals surface area contributed by atoms with Gasteiger partial charge in [0.1, 0.15) is 5.15 Å². The van der Waals surface area contributed by atoms with E-state index in [4.69, 9.17) is 11.6 Å². The minimum absolute atomic E-state index is 0.534. The number of hydrogen-bond donors (Lipinski definition) is 1. The summed E-state index contributed by atoms with van der Waals surface area (Å²) in [4.78, 5) is 4.24. The van der Waals surface area contributed by atoms with Crippen molar-refractivity contribution in [1.29, 1.82) is 0 Å². The van der Waals surface area contributed by atoms with Gasteiger partial charge in [-0.25, -0.2) is 4.98 Å². The Balaban J connectivity index is 2.14. The van der Waals surface area contributed by atoms with Gasteiger partial charge in [0, 0.05) is 24.5 Å². The van der Waals surface area contributed by atoms with Crippen LogP contribution in [-0.4, -0.2) is 9.55 Å². The SMILES string of the molecule is CCn1c(C)cc(CNc2ccc(Cl)nc2C)c1C. The lowest BCUT2D eigenvalue weighted by molar-refractivity contribution is 0.715. The van der Waals surface area contributed by atoms with Crippen LogP contribution >= 0.6 is 11.6 Å². The van der Waals surface area contributed by atoms with E-state index in [1.807, 2.05) is 19.1 Å². The van der Waals surface area contributed by atoms with Gasteiger partial charge in [-0.3, -0.25) is 0 Å². The predicted molar refractivity (Wildman–Crippen MR) is 80.9 cm³/mol. The molecule has 0 aliphatic rings. The molecule has 0 aliphatic heterocycles. The number of hydrogen-bond acceptors (Lipinski definition) is 2. The zero-order valence-electron chi connectivity index (χ0n) is 11.9. The van der Waals surface area contributed by atoms with Crippen LogP contribution < -0.4 is 5.32 Å². The van der Waals surface area contributed by atoms with E-state index >= 15 is 0 Å². The second-order valence-corrected chi connectivity index (χ2v) is 5.15. The largest absolute Gasteiger partial charge is 0.379 e. The summed E-state index contributed by atoms with van der Waals surface area (Å²) < 4.78 is 2.32. The number of pyridine rings is 1. The van der Waals surface area contributed by atoms with Crippen LogP contribution in [0.25, 0.3) is 0 Å². The molecular formula is C15H20ClN3. The van der Waals surface area contributed by atoms with Crippen molar-refractivity contribution in [2.45, 2.75) is 40.8 Å². The fourth-order valence-corrected chi connectivity index (χ4v) is 2.64. The smallest absolute Gasteiger partial charge is 0.129 e. The van der Waals surface area contributed by atoms with Crippen molar-refractivity contribution in [2.24, 2.45) is 0 Å². The standard InChI is InChI=1S/C15H20ClN3/c1-5-19-10(2)8-13(12(19)4)9-17-14-6-7-15(16)18-11(14)3/h6-8,17H,5,9H2,1-4H3. The van der Waals surface area contributed by atoms with Crippen LogP contribution in [0, 0.1) is 20.8 Å². The average molecular weight is 278 g/mol. The van der Waals surface area contributed by atoms with Crippen LogP contribution in [0.15, 0.2) is 18.2 Å². The van der Waals surface area contributed by atoms with Crippen molar-refractivity contribution in [3.8, 4) is 0 Å². The molecule has 1 N–H and O–H groups in total. The van der Waals surface area contributed by atoms with Crippen molar-refractivity contribution in [2.75, 3.05) is 5.32 Å². The van der Waals surface area contributed by atoms with Gasteiger partial charge in [0.2, 0.25) is 0 Å². The molecular weight excluding hydrogens is 258 g/mol. The Morgan fingerprint density at radius 2 is 2.00 bits per heavy atom. The number of rotatable bonds is 4. The lowest BCUT2D eigenvalue weighted by Gasteiger charge is -2.10. The molecule has 0 bridgehead atoms. The lowest BCUT2D eigenvalue weighted by Crippen LogP contribution is -2.04. The molecule has 0 atom stereocenters. The van der Waals surface area contributed by atoms with Crippen LogP contribution in [0.5, 0.6) is 0 Å². The summed E-state index contributed by atoms with van der Waals surface area (Å²) in [5.74, 6) is 0. The van der Waals surface area contributed by atoms with Crippen LogP contribution in [0.1, 0.15) is 29.6 Å². The van der Waals surface area contributed by atoms with Gasteiger partial charge >= 0.3 is 0 Å². The first-order valence-corrected chi connectivity index (χ1v) is 6.93. The van der Waals surface area contributed by atoms with Crippen molar-refractivity contribution in [3.05, 3.63) is 46.0 Å². The zero-order valence-corrected chi connectivity index (χ0v) is 12.7. The van der Waals surface area contributed by atoms with E-state index in [-0.39, 0.29) is 0 Å². The molecule has 2 rings (SSSR count). The van der Waals surface area contributed by atoms with Crippen LogP contribution in [-0.2, 0) is 13.1 Å². The van der Waals surface area contributed by atoms with Crippen LogP contribution in [0.2, 0.25) is 5.15 Å². The molecule has 2 heterocycles. The molecule has 3 nitrogen and oxygen atoms in total. The molecule has 0 radical (unpaired) electrons. The quantitative estimate of drug-likeness (QED) is 0.853. The van der Waals surface area contributed by atoms with Crippen LogP contribution in [0.3, 0.4) is 0 Å². The van der Waals surface area contributed by atoms with Gasteiger partial charge in [-0.15, -0.1) is 0 Å². The van der Waals surface area contributed by atoms with E-state index in [1.165, 1.54) is 17.0 Å². The summed E-state index contributed by atoms with van der Waals surface area (Å²) in [6, 6.07) is 6.03. The number of nitrogens with zero attached hydrogens (tertiary/aromatic N) is 2. The summed E-state index contributed by atoms with van der Waals surface area (Å²) in [7, 11) is 0. The van der Waals surface area contributed by atoms with E-state index in [9.17, 15) is 0 Å². The molecule has 0 aromatic carbocycles. The monoisotopic (exact) mass is 277 g/mol. The summed E-state index contributed by atoms with van der Waals surface area (Å²) in [6.07, 6.45) is 0. The molecule has 0 spiro atoms. The van der Waals surface area contributed by atoms with Gasteiger partial charge < -0.3 is 9.88 Å². The number of aromatic nitrogens is 2. The molecule has 0 unspecified atom stereocenters. The lowest BCUT2D eigenvalue weighted by atomic mass is 10.2. The zero-order chi connectivity index (χ0) is 14.0. The Labute approximate surface area is 119 Å². The Morgan fingerprint density at radius 1 is 1.26 bits per heavy atom. The van der Waals surface area contributed by atoms with Gasteiger partial charge in [0.05, 0.1) is 11.4 Å². The Bertz CT molecular complexity index is 587. The fraction of sp³-hybridized carbons (Fsp3) is 0.400. The van der Waals surface area contributed by atoms with E-state index in [2.05, 4.69) is 41.7 Å². The third-order valence-electron chi connectivity index (χ3n) is 3.52. The minimum atomic E-state index is 0.534. The van der Waals surface area contributed by atoms with Crippen LogP contribution in [0.4, 0.5) is 5.69 Å². The maximum Gasteiger partial charge on any atom is 0.129 e. The topological polar surface area (TPSA) is 29.9 Å². The molecule has 0 saturated carbocycles. The van der Waals surface area contributed by atoms with Gasteiger partial charge in [-0.1, -0.05) is 11.6 Å². The molecule has 2 aromatic rings. The van der Waals surface area contributed by atoms with Gasteiger partial charge in [-0.05, 0) is 51.5 Å². The molecule has 19 heavy (non-hydrogen) atoms. The number of halogens is 1. The third kappa shape index (κ3) is 2.92. The normalized spacial score (nSPS) is 10.8. The van der Waals surface area contributed by atoms with E-state index < -0.39 is 0 Å². The summed E-state index contributed by atoms with van der Waals surface area (Å²) >= 11 is 5.86. The highest BCUT2D eigenvalue weighted by atomic mass is 35.5. The first-order valence-electron chi connectivity index (χ1n) is 6.55. The molecule has 102 valence electrons. The van der Waals surface area contributed by atoms with E-state index in [0.29, 0.717) is 5.15 Å². The highest BCUT2D eigenvalue weighted by Gasteiger charge is 2.08. The summed E-state index contributed by atoms with van der Waals surface area (Å²) in [6.45, 7) is 10.3. The van der Waals surface area contributed by atoms with Gasteiger partial charge in [0.15, 0.2) is 0 Å². The third-order valence-corrected chi connectivity index (χ3v) is 3.73. The number of nitrogens with one attached hydrogen (secondary N) is 1. The molecule has 0 fully saturated rings. The number of anilines is 1. The molecule has 0 amide bonds. The molecule has 4 heteroatoms. The van der Waals surface area contributed by atoms with E-state index in [1.54, 1.807) is 0 Å². The maximum atomic E-state index is 5.86. The maximum absolute atomic E-state index is 5.86. The highest BCUT2D eigenvalue weighted by molar-refractivity contribution is 6.29. The second-order valence-electron chi connectivity index (χ2n) is 4.76. The van der Waals surface area contributed by atoms with Crippen molar-refractivity contribution < 1.29 is 0 Å². The van der Waals surface area contributed by atoms with E-state index in [0.717, 1.165) is 24.5 Å². The highest BCUT2D eigenvalue weighted by Crippen LogP contribution is 2.19. The molecule has 0 saturated heterocycles. The van der Waals surface area contributed by atoms with Gasteiger partial charge in [-0.2, -0.15) is 0 Å². The Hall–Kier alpha value is -1.48. The molecule has 0 aliphatic carbocycles. The fourth-order valence-electron chi connectivity index (χ4n) is 2.45. The Morgan fingerprint density at radius 3 is 2.58 bits per heavy atom. The van der Waals surface area contributed by atoms with Crippen molar-refractivity contribution in [1.82, 2.24) is 9.55 Å². The minimum Gasteiger partial charge on any atom is -0.379 e. The summed E-state index contributed by atoms with van der Waals surface area (Å²) in [5, 5.41) is 3.96. The van der Waals surface area contributed by atoms with Crippen molar-refractivity contribution in [3.63, 3.8) is 0 Å². The predicted octanol–water partition coefficient (Wildman–Crippen LogP) is 4.09. The first kappa shape index (κ1) is 13.9. The average Bonchev–Trinajstić information content (AvgIpc) is 2.63. The second kappa shape index (κ2) is 5.66. The Kier molecular flexibility index (Phi) is 4.15. The van der Waals surface area contributed by atoms with Gasteiger partial charge in [0.25, 0.3) is 0 Å². The van der Waals surface area contributed by atoms with Crippen molar-refractivity contribution >= 4 is 17.3 Å². The summed E-state index contributed by atoms with van der Waals surface area (Å²) in [5.41, 5.74) is 5.92. The number of aryl methyl sites for hydroxylation is 2. The molecule has 2 aromatic heterocycles. The first-order chi connectivity index (χ1) is 9.02.